The predicted octanol–water partition coefficient (Wildman–Crippen LogP) is 3.73. The van der Waals surface area contributed by atoms with E-state index in [1.807, 2.05) is 25.1 Å². The highest BCUT2D eigenvalue weighted by Gasteiger charge is 2.36. The lowest BCUT2D eigenvalue weighted by molar-refractivity contribution is 0.579. The van der Waals surface area contributed by atoms with Gasteiger partial charge in [0.15, 0.2) is 0 Å². The molecule has 6 heteroatoms. The van der Waals surface area contributed by atoms with E-state index in [1.165, 1.54) is 16.4 Å². The van der Waals surface area contributed by atoms with Crippen LogP contribution in [-0.2, 0) is 16.4 Å². The van der Waals surface area contributed by atoms with Crippen molar-refractivity contribution in [1.29, 1.82) is 0 Å². The van der Waals surface area contributed by atoms with Crippen LogP contribution in [0.15, 0.2) is 51.8 Å². The number of hydrogen-bond donors (Lipinski definition) is 0. The third-order valence-corrected chi connectivity index (χ3v) is 6.16. The summed E-state index contributed by atoms with van der Waals surface area (Å²) in [4.78, 5) is -0.0354. The molecule has 0 aromatic heterocycles. The molecular formula is C15H13BrFNO2S. The summed E-state index contributed by atoms with van der Waals surface area (Å²) in [5, 5.41) is 0. The summed E-state index contributed by atoms with van der Waals surface area (Å²) in [6.45, 7) is 1.85. The number of anilines is 1. The molecule has 0 saturated carbocycles. The highest BCUT2D eigenvalue weighted by atomic mass is 79.9. The second-order valence-electron chi connectivity index (χ2n) is 5.06. The van der Waals surface area contributed by atoms with Crippen molar-refractivity contribution in [3.05, 3.63) is 58.3 Å². The highest BCUT2D eigenvalue weighted by Crippen LogP contribution is 2.36. The average Bonchev–Trinajstić information content (AvgIpc) is 2.78. The molecule has 0 saturated heterocycles. The zero-order valence-electron chi connectivity index (χ0n) is 11.3. The van der Waals surface area contributed by atoms with Crippen molar-refractivity contribution in [3.8, 4) is 0 Å². The van der Waals surface area contributed by atoms with E-state index < -0.39 is 15.8 Å². The van der Waals surface area contributed by atoms with E-state index in [4.69, 9.17) is 0 Å². The molecule has 0 bridgehead atoms. The van der Waals surface area contributed by atoms with Crippen LogP contribution in [0.5, 0.6) is 0 Å². The van der Waals surface area contributed by atoms with E-state index in [0.29, 0.717) is 12.1 Å². The Hall–Kier alpha value is -1.40. The molecule has 0 aliphatic carbocycles. The highest BCUT2D eigenvalue weighted by molar-refractivity contribution is 9.10. The van der Waals surface area contributed by atoms with Gasteiger partial charge in [-0.1, -0.05) is 18.2 Å². The maximum absolute atomic E-state index is 13.7. The normalized spacial score (nSPS) is 17.9. The Balaban J connectivity index is 2.12. The Morgan fingerprint density at radius 2 is 1.95 bits per heavy atom. The number of nitrogens with zero attached hydrogens (tertiary/aromatic N) is 1. The molecule has 0 spiro atoms. The van der Waals surface area contributed by atoms with Crippen molar-refractivity contribution in [1.82, 2.24) is 0 Å². The van der Waals surface area contributed by atoms with E-state index in [1.54, 1.807) is 6.07 Å². The summed E-state index contributed by atoms with van der Waals surface area (Å²) in [6, 6.07) is 11.1. The molecule has 3 nitrogen and oxygen atoms in total. The minimum Gasteiger partial charge on any atom is -0.263 e. The second-order valence-corrected chi connectivity index (χ2v) is 7.73. The van der Waals surface area contributed by atoms with Crippen LogP contribution in [0.3, 0.4) is 0 Å². The summed E-state index contributed by atoms with van der Waals surface area (Å²) in [5.74, 6) is -0.587. The molecule has 0 N–H and O–H groups in total. The van der Waals surface area contributed by atoms with Crippen LogP contribution in [0.2, 0.25) is 0 Å². The Morgan fingerprint density at radius 3 is 2.67 bits per heavy atom. The molecule has 0 radical (unpaired) electrons. The number of hydrogen-bond acceptors (Lipinski definition) is 2. The monoisotopic (exact) mass is 369 g/mol. The van der Waals surface area contributed by atoms with Crippen LogP contribution >= 0.6 is 15.9 Å². The lowest BCUT2D eigenvalue weighted by Gasteiger charge is -2.24. The van der Waals surface area contributed by atoms with Gasteiger partial charge in [-0.3, -0.25) is 4.31 Å². The number of halogens is 2. The first-order valence-corrected chi connectivity index (χ1v) is 8.72. The molecule has 1 heterocycles. The zero-order chi connectivity index (χ0) is 15.2. The summed E-state index contributed by atoms with van der Waals surface area (Å²) in [6.07, 6.45) is 0.661. The molecule has 0 amide bonds. The van der Waals surface area contributed by atoms with Crippen LogP contribution in [0.1, 0.15) is 12.5 Å². The van der Waals surface area contributed by atoms with Crippen molar-refractivity contribution in [2.24, 2.45) is 0 Å². The molecule has 1 unspecified atom stereocenters. The van der Waals surface area contributed by atoms with Gasteiger partial charge in [-0.2, -0.15) is 0 Å². The Kier molecular flexibility index (Phi) is 3.53. The van der Waals surface area contributed by atoms with Gasteiger partial charge in [-0.05, 0) is 59.1 Å². The van der Waals surface area contributed by atoms with Gasteiger partial charge in [0.1, 0.15) is 5.82 Å². The predicted molar refractivity (Wildman–Crippen MR) is 83.4 cm³/mol. The van der Waals surface area contributed by atoms with Gasteiger partial charge in [0.25, 0.3) is 10.0 Å². The molecule has 3 rings (SSSR count). The van der Waals surface area contributed by atoms with Gasteiger partial charge in [-0.15, -0.1) is 0 Å². The van der Waals surface area contributed by atoms with Crippen LogP contribution in [0.25, 0.3) is 0 Å². The Morgan fingerprint density at radius 1 is 1.24 bits per heavy atom. The molecule has 0 fully saturated rings. The first-order valence-electron chi connectivity index (χ1n) is 6.48. The quantitative estimate of drug-likeness (QED) is 0.808. The van der Waals surface area contributed by atoms with Crippen LogP contribution in [0.4, 0.5) is 10.1 Å². The fourth-order valence-corrected chi connectivity index (χ4v) is 4.61. The van der Waals surface area contributed by atoms with Crippen molar-refractivity contribution >= 4 is 31.6 Å². The summed E-state index contributed by atoms with van der Waals surface area (Å²) in [5.41, 5.74) is 1.67. The SMILES string of the molecule is CC1Cc2ccccc2N1S(=O)(=O)c1ccc(Br)c(F)c1. The molecule has 21 heavy (non-hydrogen) atoms. The van der Waals surface area contributed by atoms with Crippen molar-refractivity contribution in [2.75, 3.05) is 4.31 Å². The van der Waals surface area contributed by atoms with E-state index in [9.17, 15) is 12.8 Å². The van der Waals surface area contributed by atoms with E-state index in [-0.39, 0.29) is 15.4 Å². The lowest BCUT2D eigenvalue weighted by atomic mass is 10.1. The van der Waals surface area contributed by atoms with E-state index in [0.717, 1.165) is 11.6 Å². The van der Waals surface area contributed by atoms with Gasteiger partial charge >= 0.3 is 0 Å². The Labute approximate surface area is 131 Å². The molecular weight excluding hydrogens is 357 g/mol. The summed E-state index contributed by atoms with van der Waals surface area (Å²) in [7, 11) is -3.77. The smallest absolute Gasteiger partial charge is 0.263 e. The van der Waals surface area contributed by atoms with Gasteiger partial charge < -0.3 is 0 Å². The van der Waals surface area contributed by atoms with Gasteiger partial charge in [-0.25, -0.2) is 12.8 Å². The lowest BCUT2D eigenvalue weighted by Crippen LogP contribution is -2.35. The minimum atomic E-state index is -3.77. The molecule has 2 aromatic rings. The summed E-state index contributed by atoms with van der Waals surface area (Å²) >= 11 is 3.03. The fourth-order valence-electron chi connectivity index (χ4n) is 2.65. The molecule has 110 valence electrons. The van der Waals surface area contributed by atoms with Crippen molar-refractivity contribution in [2.45, 2.75) is 24.3 Å². The number of benzene rings is 2. The number of fused-ring (bicyclic) bond motifs is 1. The number of rotatable bonds is 2. The van der Waals surface area contributed by atoms with E-state index >= 15 is 0 Å². The van der Waals surface area contributed by atoms with Crippen molar-refractivity contribution in [3.63, 3.8) is 0 Å². The standard InChI is InChI=1S/C15H13BrFNO2S/c1-10-8-11-4-2-3-5-15(11)18(10)21(19,20)12-6-7-13(16)14(17)9-12/h2-7,9-10H,8H2,1H3. The maximum Gasteiger partial charge on any atom is 0.264 e. The third kappa shape index (κ3) is 2.36. The molecule has 1 aliphatic rings. The zero-order valence-corrected chi connectivity index (χ0v) is 13.7. The number of para-hydroxylation sites is 1. The van der Waals surface area contributed by atoms with Gasteiger partial charge in [0.05, 0.1) is 15.1 Å². The van der Waals surface area contributed by atoms with Crippen LogP contribution in [0, 0.1) is 5.82 Å². The molecule has 1 atom stereocenters. The third-order valence-electron chi connectivity index (χ3n) is 3.59. The first-order chi connectivity index (χ1) is 9.91. The minimum absolute atomic E-state index is 0.0354. The van der Waals surface area contributed by atoms with Crippen molar-refractivity contribution < 1.29 is 12.8 Å². The largest absolute Gasteiger partial charge is 0.264 e. The topological polar surface area (TPSA) is 37.4 Å². The first kappa shape index (κ1) is 14.5. The Bertz CT molecular complexity index is 807. The summed E-state index contributed by atoms with van der Waals surface area (Å²) < 4.78 is 40.9. The molecule has 2 aromatic carbocycles. The average molecular weight is 370 g/mol. The second kappa shape index (κ2) is 5.10. The van der Waals surface area contributed by atoms with Gasteiger partial charge in [0, 0.05) is 6.04 Å². The fraction of sp³-hybridized carbons (Fsp3) is 0.200. The van der Waals surface area contributed by atoms with Crippen LogP contribution < -0.4 is 4.31 Å². The number of sulfonamides is 1. The van der Waals surface area contributed by atoms with Crippen LogP contribution in [-0.4, -0.2) is 14.5 Å². The van der Waals surface area contributed by atoms with E-state index in [2.05, 4.69) is 15.9 Å². The molecule has 1 aliphatic heterocycles. The maximum atomic E-state index is 13.7. The van der Waals surface area contributed by atoms with Gasteiger partial charge in [0.2, 0.25) is 0 Å².